The van der Waals surface area contributed by atoms with E-state index in [1.54, 1.807) is 6.07 Å². The Morgan fingerprint density at radius 1 is 1.13 bits per heavy atom. The predicted molar refractivity (Wildman–Crippen MR) is 116 cm³/mol. The molecule has 8 heteroatoms. The van der Waals surface area contributed by atoms with Crippen LogP contribution in [0.4, 0.5) is 5.69 Å². The van der Waals surface area contributed by atoms with Gasteiger partial charge in [0.05, 0.1) is 17.7 Å². The minimum absolute atomic E-state index is 0.133. The summed E-state index contributed by atoms with van der Waals surface area (Å²) in [5, 5.41) is 2.78. The number of carbonyl (C=O) groups excluding carboxylic acids is 1. The maximum atomic E-state index is 12.9. The van der Waals surface area contributed by atoms with Gasteiger partial charge in [-0.3, -0.25) is 4.79 Å². The molecule has 1 N–H and O–H groups in total. The van der Waals surface area contributed by atoms with Crippen molar-refractivity contribution in [3.8, 4) is 11.5 Å². The van der Waals surface area contributed by atoms with Gasteiger partial charge in [-0.2, -0.15) is 4.31 Å². The second kappa shape index (κ2) is 9.49. The van der Waals surface area contributed by atoms with E-state index in [1.807, 2.05) is 38.1 Å². The summed E-state index contributed by atoms with van der Waals surface area (Å²) in [5.41, 5.74) is 1.23. The van der Waals surface area contributed by atoms with E-state index >= 15 is 0 Å². The van der Waals surface area contributed by atoms with E-state index in [1.165, 1.54) is 23.5 Å². The molecule has 1 atom stereocenters. The molecule has 2 aromatic rings. The topological polar surface area (TPSA) is 84.9 Å². The molecule has 0 radical (unpaired) electrons. The molecule has 0 spiro atoms. The molecular formula is C22H28N2O5S. The molecule has 1 aliphatic heterocycles. The van der Waals surface area contributed by atoms with Crippen LogP contribution >= 0.6 is 0 Å². The van der Waals surface area contributed by atoms with Crippen LogP contribution in [-0.4, -0.2) is 44.9 Å². The molecule has 1 unspecified atom stereocenters. The van der Waals surface area contributed by atoms with Gasteiger partial charge in [0, 0.05) is 13.1 Å². The number of rotatable bonds is 8. The number of hydrogen-bond acceptors (Lipinski definition) is 5. The molecule has 7 nitrogen and oxygen atoms in total. The smallest absolute Gasteiger partial charge is 0.265 e. The minimum atomic E-state index is -3.61. The highest BCUT2D eigenvalue weighted by atomic mass is 32.2. The average molecular weight is 433 g/mol. The van der Waals surface area contributed by atoms with Crippen molar-refractivity contribution in [3.05, 3.63) is 48.0 Å². The second-order valence-corrected chi connectivity index (χ2v) is 9.18. The second-order valence-electron chi connectivity index (χ2n) is 7.24. The molecule has 1 amide bonds. The van der Waals surface area contributed by atoms with Gasteiger partial charge in [0.2, 0.25) is 10.0 Å². The fourth-order valence-electron chi connectivity index (χ4n) is 3.40. The number of hydrogen-bond donors (Lipinski definition) is 1. The maximum absolute atomic E-state index is 12.9. The summed E-state index contributed by atoms with van der Waals surface area (Å²) in [4.78, 5) is 13.0. The van der Waals surface area contributed by atoms with E-state index in [4.69, 9.17) is 9.47 Å². The molecule has 3 rings (SSSR count). The SMILES string of the molecule is CCC(Oc1ccccc1C)C(=O)Nc1cc(S(=O)(=O)N2CCCC2)ccc1OC. The molecule has 0 aliphatic carbocycles. The number of benzene rings is 2. The summed E-state index contributed by atoms with van der Waals surface area (Å²) in [6.07, 6.45) is 1.43. The number of sulfonamides is 1. The molecular weight excluding hydrogens is 404 g/mol. The Balaban J connectivity index is 1.83. The lowest BCUT2D eigenvalue weighted by Gasteiger charge is -2.20. The Labute approximate surface area is 178 Å². The maximum Gasteiger partial charge on any atom is 0.265 e. The lowest BCUT2D eigenvalue weighted by atomic mass is 10.2. The molecule has 2 aromatic carbocycles. The minimum Gasteiger partial charge on any atom is -0.495 e. The average Bonchev–Trinajstić information content (AvgIpc) is 3.29. The van der Waals surface area contributed by atoms with E-state index in [9.17, 15) is 13.2 Å². The number of anilines is 1. The van der Waals surface area contributed by atoms with Crippen molar-refractivity contribution in [3.63, 3.8) is 0 Å². The number of methoxy groups -OCH3 is 1. The highest BCUT2D eigenvalue weighted by Crippen LogP contribution is 2.30. The number of ether oxygens (including phenoxy) is 2. The number of para-hydroxylation sites is 1. The van der Waals surface area contributed by atoms with Crippen molar-refractivity contribution in [1.82, 2.24) is 4.31 Å². The van der Waals surface area contributed by atoms with Crippen LogP contribution < -0.4 is 14.8 Å². The van der Waals surface area contributed by atoms with E-state index in [0.717, 1.165) is 18.4 Å². The number of amides is 1. The number of nitrogens with one attached hydrogen (secondary N) is 1. The van der Waals surface area contributed by atoms with Crippen LogP contribution in [0, 0.1) is 6.92 Å². The summed E-state index contributed by atoms with van der Waals surface area (Å²) < 4.78 is 38.5. The first-order chi connectivity index (χ1) is 14.4. The van der Waals surface area contributed by atoms with Gasteiger partial charge >= 0.3 is 0 Å². The Morgan fingerprint density at radius 3 is 2.47 bits per heavy atom. The molecule has 1 saturated heterocycles. The van der Waals surface area contributed by atoms with Gasteiger partial charge in [0.25, 0.3) is 5.91 Å². The molecule has 30 heavy (non-hydrogen) atoms. The van der Waals surface area contributed by atoms with Crippen LogP contribution in [0.15, 0.2) is 47.4 Å². The van der Waals surface area contributed by atoms with Gasteiger partial charge in [-0.15, -0.1) is 0 Å². The van der Waals surface area contributed by atoms with Crippen LogP contribution in [0.2, 0.25) is 0 Å². The van der Waals surface area contributed by atoms with Gasteiger partial charge in [-0.05, 0) is 56.0 Å². The van der Waals surface area contributed by atoms with Gasteiger partial charge in [-0.1, -0.05) is 25.1 Å². The van der Waals surface area contributed by atoms with Crippen LogP contribution in [0.5, 0.6) is 11.5 Å². The number of nitrogens with zero attached hydrogens (tertiary/aromatic N) is 1. The molecule has 0 aromatic heterocycles. The van der Waals surface area contributed by atoms with Crippen molar-refractivity contribution in [2.24, 2.45) is 0 Å². The number of carbonyl (C=O) groups is 1. The van der Waals surface area contributed by atoms with Gasteiger partial charge in [0.15, 0.2) is 6.10 Å². The van der Waals surface area contributed by atoms with Crippen LogP contribution in [0.1, 0.15) is 31.7 Å². The third kappa shape index (κ3) is 4.76. The van der Waals surface area contributed by atoms with E-state index in [-0.39, 0.29) is 10.8 Å². The Hall–Kier alpha value is -2.58. The largest absolute Gasteiger partial charge is 0.495 e. The van der Waals surface area contributed by atoms with Crippen molar-refractivity contribution < 1.29 is 22.7 Å². The summed E-state index contributed by atoms with van der Waals surface area (Å²) in [5.74, 6) is 0.654. The normalized spacial score (nSPS) is 15.6. The summed E-state index contributed by atoms with van der Waals surface area (Å²) in [7, 11) is -2.13. The third-order valence-electron chi connectivity index (χ3n) is 5.16. The lowest BCUT2D eigenvalue weighted by Crippen LogP contribution is -2.33. The van der Waals surface area contributed by atoms with Gasteiger partial charge in [0.1, 0.15) is 11.5 Å². The van der Waals surface area contributed by atoms with Crippen molar-refractivity contribution in [2.45, 2.75) is 44.1 Å². The van der Waals surface area contributed by atoms with Crippen LogP contribution in [0.25, 0.3) is 0 Å². The zero-order chi connectivity index (χ0) is 21.7. The first-order valence-electron chi connectivity index (χ1n) is 10.1. The highest BCUT2D eigenvalue weighted by Gasteiger charge is 2.28. The van der Waals surface area contributed by atoms with E-state index in [0.29, 0.717) is 36.7 Å². The molecule has 1 heterocycles. The van der Waals surface area contributed by atoms with E-state index < -0.39 is 16.1 Å². The van der Waals surface area contributed by atoms with E-state index in [2.05, 4.69) is 5.32 Å². The monoisotopic (exact) mass is 432 g/mol. The van der Waals surface area contributed by atoms with Gasteiger partial charge in [-0.25, -0.2) is 8.42 Å². The Bertz CT molecular complexity index is 1000. The fourth-order valence-corrected chi connectivity index (χ4v) is 4.94. The Kier molecular flexibility index (Phi) is 6.99. The van der Waals surface area contributed by atoms with Crippen molar-refractivity contribution in [1.29, 1.82) is 0 Å². The molecule has 1 aliphatic rings. The van der Waals surface area contributed by atoms with Crippen molar-refractivity contribution >= 4 is 21.6 Å². The Morgan fingerprint density at radius 2 is 1.83 bits per heavy atom. The standard InChI is InChI=1S/C22H28N2O5S/c1-4-19(29-20-10-6-5-9-16(20)2)22(25)23-18-15-17(11-12-21(18)28-3)30(26,27)24-13-7-8-14-24/h5-6,9-12,15,19H,4,7-8,13-14H2,1-3H3,(H,23,25). The molecule has 0 saturated carbocycles. The molecule has 162 valence electrons. The lowest BCUT2D eigenvalue weighted by molar-refractivity contribution is -0.122. The zero-order valence-electron chi connectivity index (χ0n) is 17.6. The predicted octanol–water partition coefficient (Wildman–Crippen LogP) is 3.58. The fraction of sp³-hybridized carbons (Fsp3) is 0.409. The highest BCUT2D eigenvalue weighted by molar-refractivity contribution is 7.89. The molecule has 0 bridgehead atoms. The summed E-state index contributed by atoms with van der Waals surface area (Å²) in [6, 6.07) is 12.0. The first kappa shape index (κ1) is 22.1. The summed E-state index contributed by atoms with van der Waals surface area (Å²) >= 11 is 0. The van der Waals surface area contributed by atoms with Crippen LogP contribution in [-0.2, 0) is 14.8 Å². The van der Waals surface area contributed by atoms with Crippen molar-refractivity contribution in [2.75, 3.05) is 25.5 Å². The third-order valence-corrected chi connectivity index (χ3v) is 7.05. The van der Waals surface area contributed by atoms with Crippen LogP contribution in [0.3, 0.4) is 0 Å². The van der Waals surface area contributed by atoms with Gasteiger partial charge < -0.3 is 14.8 Å². The summed E-state index contributed by atoms with van der Waals surface area (Å²) in [6.45, 7) is 4.79. The molecule has 1 fully saturated rings. The zero-order valence-corrected chi connectivity index (χ0v) is 18.4. The number of aryl methyl sites for hydroxylation is 1. The quantitative estimate of drug-likeness (QED) is 0.689. The first-order valence-corrected chi connectivity index (χ1v) is 11.5.